The van der Waals surface area contributed by atoms with Crippen LogP contribution in [0, 0.1) is 23.5 Å². The van der Waals surface area contributed by atoms with E-state index in [9.17, 15) is 8.78 Å². The predicted molar refractivity (Wildman–Crippen MR) is 103 cm³/mol. The third-order valence-electron chi connectivity index (χ3n) is 3.52. The first-order valence-corrected chi connectivity index (χ1v) is 9.67. The Hall–Kier alpha value is -1.44. The highest BCUT2D eigenvalue weighted by Gasteiger charge is 2.08. The molecule has 124 valence electrons. The summed E-state index contributed by atoms with van der Waals surface area (Å²) in [6.45, 7) is 0. The predicted octanol–water partition coefficient (Wildman–Crippen LogP) is 5.84. The summed E-state index contributed by atoms with van der Waals surface area (Å²) in [6.07, 6.45) is 1.33. The molecule has 0 aliphatic heterocycles. The Labute approximate surface area is 158 Å². The highest BCUT2D eigenvalue weighted by atomic mass is 79.9. The lowest BCUT2D eigenvalue weighted by Gasteiger charge is -2.10. The molecule has 0 saturated heterocycles. The Balaban J connectivity index is 2.31. The van der Waals surface area contributed by atoms with Crippen molar-refractivity contribution in [1.82, 2.24) is 0 Å². The van der Waals surface area contributed by atoms with Crippen molar-refractivity contribution in [2.75, 3.05) is 10.7 Å². The highest BCUT2D eigenvalue weighted by Crippen LogP contribution is 2.19. The van der Waals surface area contributed by atoms with E-state index >= 15 is 0 Å². The van der Waals surface area contributed by atoms with E-state index in [1.807, 2.05) is 0 Å². The molecule has 0 amide bonds. The Morgan fingerprint density at radius 3 is 1.75 bits per heavy atom. The van der Waals surface area contributed by atoms with Crippen molar-refractivity contribution in [1.29, 1.82) is 0 Å². The Kier molecular flexibility index (Phi) is 7.68. The minimum atomic E-state index is -0.247. The molecule has 0 aromatic heterocycles. The largest absolute Gasteiger partial charge is 0.207 e. The van der Waals surface area contributed by atoms with E-state index in [0.717, 1.165) is 22.3 Å². The molecule has 2 aromatic rings. The van der Waals surface area contributed by atoms with Crippen LogP contribution in [-0.2, 0) is 12.8 Å². The lowest BCUT2D eigenvalue weighted by Crippen LogP contribution is -2.01. The first-order chi connectivity index (χ1) is 11.6. The molecule has 0 heterocycles. The fourth-order valence-corrected chi connectivity index (χ4v) is 2.96. The molecule has 0 aliphatic carbocycles. The second kappa shape index (κ2) is 9.76. The molecule has 0 atom stereocenters. The van der Waals surface area contributed by atoms with Crippen LogP contribution < -0.4 is 0 Å². The van der Waals surface area contributed by atoms with Gasteiger partial charge in [-0.15, -0.1) is 0 Å². The van der Waals surface area contributed by atoms with Gasteiger partial charge in [0, 0.05) is 17.3 Å². The van der Waals surface area contributed by atoms with Crippen LogP contribution in [0.4, 0.5) is 8.78 Å². The molecule has 0 fully saturated rings. The molecule has 0 unspecified atom stereocenters. The summed E-state index contributed by atoms with van der Waals surface area (Å²) in [6, 6.07) is 13.0. The maximum absolute atomic E-state index is 13.1. The molecule has 4 heteroatoms. The smallest absolute Gasteiger partial charge is 0.123 e. The van der Waals surface area contributed by atoms with Crippen LogP contribution in [0.2, 0.25) is 0 Å². The summed E-state index contributed by atoms with van der Waals surface area (Å²) < 4.78 is 26.2. The zero-order chi connectivity index (χ0) is 17.4. The van der Waals surface area contributed by atoms with Gasteiger partial charge in [-0.3, -0.25) is 0 Å². The number of allylic oxidation sites excluding steroid dienone is 2. The molecule has 0 N–H and O–H groups in total. The van der Waals surface area contributed by atoms with E-state index in [-0.39, 0.29) is 11.6 Å². The third-order valence-corrected chi connectivity index (χ3v) is 4.48. The average Bonchev–Trinajstić information content (AvgIpc) is 2.60. The molecule has 0 aliphatic rings. The van der Waals surface area contributed by atoms with Gasteiger partial charge in [-0.1, -0.05) is 68.0 Å². The van der Waals surface area contributed by atoms with Gasteiger partial charge >= 0.3 is 0 Å². The van der Waals surface area contributed by atoms with E-state index in [1.54, 1.807) is 24.3 Å². The fraction of sp³-hybridized carbons (Fsp3) is 0.200. The van der Waals surface area contributed by atoms with Crippen molar-refractivity contribution in [2.45, 2.75) is 12.8 Å². The van der Waals surface area contributed by atoms with Crippen LogP contribution in [0.25, 0.3) is 0 Å². The quantitative estimate of drug-likeness (QED) is 0.394. The minimum absolute atomic E-state index is 0.242. The summed E-state index contributed by atoms with van der Waals surface area (Å²) >= 11 is 6.85. The van der Waals surface area contributed by atoms with Crippen molar-refractivity contribution < 1.29 is 8.78 Å². The Morgan fingerprint density at radius 1 is 0.792 bits per heavy atom. The molecule has 0 radical (unpaired) electrons. The van der Waals surface area contributed by atoms with Gasteiger partial charge in [0.05, 0.1) is 5.33 Å². The molecule has 0 bridgehead atoms. The number of alkyl halides is 2. The monoisotopic (exact) mass is 452 g/mol. The van der Waals surface area contributed by atoms with Gasteiger partial charge in [-0.25, -0.2) is 8.78 Å². The van der Waals surface area contributed by atoms with Gasteiger partial charge in [0.15, 0.2) is 0 Å². The number of benzene rings is 2. The van der Waals surface area contributed by atoms with Gasteiger partial charge in [0.1, 0.15) is 11.6 Å². The summed E-state index contributed by atoms with van der Waals surface area (Å²) in [5, 5.41) is 1.27. The highest BCUT2D eigenvalue weighted by molar-refractivity contribution is 9.09. The number of hydrogen-bond acceptors (Lipinski definition) is 0. The molecular weight excluding hydrogens is 438 g/mol. The lowest BCUT2D eigenvalue weighted by molar-refractivity contribution is 0.626. The van der Waals surface area contributed by atoms with Crippen molar-refractivity contribution in [3.63, 3.8) is 0 Å². The zero-order valence-corrected chi connectivity index (χ0v) is 16.1. The molecule has 0 spiro atoms. The molecule has 0 nitrogen and oxygen atoms in total. The first-order valence-electron chi connectivity index (χ1n) is 7.43. The second-order valence-corrected chi connectivity index (χ2v) is 6.38. The van der Waals surface area contributed by atoms with Gasteiger partial charge in [-0.05, 0) is 47.4 Å². The topological polar surface area (TPSA) is 0 Å². The minimum Gasteiger partial charge on any atom is -0.207 e. The van der Waals surface area contributed by atoms with Gasteiger partial charge in [-0.2, -0.15) is 0 Å². The van der Waals surface area contributed by atoms with Gasteiger partial charge in [0.2, 0.25) is 0 Å². The maximum Gasteiger partial charge on any atom is 0.123 e. The fourth-order valence-electron chi connectivity index (χ4n) is 2.29. The summed E-state index contributed by atoms with van der Waals surface area (Å²) in [7, 11) is 0. The lowest BCUT2D eigenvalue weighted by atomic mass is 9.96. The van der Waals surface area contributed by atoms with Crippen molar-refractivity contribution in [2.24, 2.45) is 0 Å². The van der Waals surface area contributed by atoms with E-state index < -0.39 is 0 Å². The Bertz CT molecular complexity index is 751. The zero-order valence-electron chi connectivity index (χ0n) is 13.0. The molecule has 0 saturated carbocycles. The van der Waals surface area contributed by atoms with Gasteiger partial charge in [0.25, 0.3) is 0 Å². The number of halogens is 4. The molecular formula is C20H16Br2F2. The number of rotatable bonds is 5. The maximum atomic E-state index is 13.1. The number of hydrogen-bond donors (Lipinski definition) is 0. The van der Waals surface area contributed by atoms with E-state index in [0.29, 0.717) is 23.5 Å². The molecule has 2 aromatic carbocycles. The molecule has 2 rings (SSSR count). The van der Waals surface area contributed by atoms with Crippen molar-refractivity contribution in [3.05, 3.63) is 82.4 Å². The molecule has 24 heavy (non-hydrogen) atoms. The van der Waals surface area contributed by atoms with E-state index in [1.165, 1.54) is 24.3 Å². The standard InChI is InChI=1S/C20H16Br2F2/c21-11-1-2-17(12-15-3-7-19(23)8-4-15)18(14-22)13-16-5-9-20(24)10-6-16/h3-10H,11-14H2/b18-17-. The average molecular weight is 454 g/mol. The summed E-state index contributed by atoms with van der Waals surface area (Å²) in [5.74, 6) is 5.75. The van der Waals surface area contributed by atoms with E-state index in [2.05, 4.69) is 43.7 Å². The van der Waals surface area contributed by atoms with Crippen molar-refractivity contribution in [3.8, 4) is 11.8 Å². The van der Waals surface area contributed by atoms with Crippen LogP contribution in [0.15, 0.2) is 59.7 Å². The van der Waals surface area contributed by atoms with Crippen LogP contribution in [0.1, 0.15) is 11.1 Å². The Morgan fingerprint density at radius 2 is 1.29 bits per heavy atom. The summed E-state index contributed by atoms with van der Waals surface area (Å²) in [5.41, 5.74) is 4.18. The second-order valence-electron chi connectivity index (χ2n) is 5.26. The first kappa shape index (κ1) is 18.9. The summed E-state index contributed by atoms with van der Waals surface area (Å²) in [4.78, 5) is 0. The van der Waals surface area contributed by atoms with Crippen LogP contribution in [0.5, 0.6) is 0 Å². The van der Waals surface area contributed by atoms with Crippen LogP contribution in [0.3, 0.4) is 0 Å². The van der Waals surface area contributed by atoms with Crippen molar-refractivity contribution >= 4 is 31.9 Å². The van der Waals surface area contributed by atoms with Crippen LogP contribution in [-0.4, -0.2) is 10.7 Å². The van der Waals surface area contributed by atoms with Gasteiger partial charge < -0.3 is 0 Å². The normalized spacial score (nSPS) is 11.5. The SMILES string of the molecule is Fc1ccc(C/C(C#CCBr)=C(\CBr)Cc2ccc(F)cc2)cc1. The van der Waals surface area contributed by atoms with E-state index in [4.69, 9.17) is 0 Å². The van der Waals surface area contributed by atoms with Crippen LogP contribution >= 0.6 is 31.9 Å². The third kappa shape index (κ3) is 5.89.